The molecule has 7 nitrogen and oxygen atoms in total. The highest BCUT2D eigenvalue weighted by molar-refractivity contribution is 5.79. The van der Waals surface area contributed by atoms with Crippen molar-refractivity contribution in [1.82, 2.24) is 14.0 Å². The van der Waals surface area contributed by atoms with Crippen LogP contribution >= 0.6 is 0 Å². The number of nitrogens with zero attached hydrogens (tertiary/aromatic N) is 4. The number of benzene rings is 2. The number of carbonyl (C=O) groups is 1. The van der Waals surface area contributed by atoms with Gasteiger partial charge in [0, 0.05) is 32.7 Å². The predicted molar refractivity (Wildman–Crippen MR) is 135 cm³/mol. The Kier molecular flexibility index (Phi) is 7.19. The number of piperazine rings is 1. The van der Waals surface area contributed by atoms with Gasteiger partial charge in [-0.3, -0.25) is 18.7 Å². The van der Waals surface area contributed by atoms with Crippen molar-refractivity contribution in [3.05, 3.63) is 92.5 Å². The van der Waals surface area contributed by atoms with Gasteiger partial charge in [-0.25, -0.2) is 9.18 Å². The lowest BCUT2D eigenvalue weighted by Gasteiger charge is -2.37. The molecule has 3 aromatic rings. The molecular weight excluding hydrogens is 447 g/mol. The van der Waals surface area contributed by atoms with E-state index in [0.717, 1.165) is 5.56 Å². The summed E-state index contributed by atoms with van der Waals surface area (Å²) in [5, 5.41) is 0. The third-order valence-corrected chi connectivity index (χ3v) is 6.33. The molecule has 1 fully saturated rings. The number of hydrogen-bond acceptors (Lipinski definition) is 4. The topological polar surface area (TPSA) is 67.6 Å². The van der Waals surface area contributed by atoms with Crippen molar-refractivity contribution in [1.29, 1.82) is 0 Å². The van der Waals surface area contributed by atoms with E-state index in [-0.39, 0.29) is 35.3 Å². The third-order valence-electron chi connectivity index (χ3n) is 6.33. The molecule has 184 valence electrons. The number of hydrogen-bond donors (Lipinski definition) is 0. The fourth-order valence-electron chi connectivity index (χ4n) is 4.58. The first-order valence-corrected chi connectivity index (χ1v) is 11.9. The van der Waals surface area contributed by atoms with E-state index < -0.39 is 0 Å². The van der Waals surface area contributed by atoms with Crippen LogP contribution < -0.4 is 16.1 Å². The molecule has 0 spiro atoms. The highest BCUT2D eigenvalue weighted by Gasteiger charge is 2.27. The molecule has 4 rings (SSSR count). The number of anilines is 1. The zero-order valence-electron chi connectivity index (χ0n) is 20.4. The number of halogens is 1. The highest BCUT2D eigenvalue weighted by Crippen LogP contribution is 2.20. The lowest BCUT2D eigenvalue weighted by Crippen LogP contribution is -2.52. The fourth-order valence-corrected chi connectivity index (χ4v) is 4.58. The molecular formula is C27H31FN4O3. The summed E-state index contributed by atoms with van der Waals surface area (Å²) in [6.45, 7) is 7.99. The van der Waals surface area contributed by atoms with Crippen LogP contribution in [0.1, 0.15) is 25.1 Å². The minimum Gasteiger partial charge on any atom is -0.362 e. The van der Waals surface area contributed by atoms with Gasteiger partial charge in [-0.05, 0) is 42.7 Å². The first-order chi connectivity index (χ1) is 16.8. The number of rotatable bonds is 6. The maximum atomic E-state index is 13.5. The molecule has 0 N–H and O–H groups in total. The van der Waals surface area contributed by atoms with Crippen LogP contribution in [-0.2, 0) is 17.8 Å². The molecule has 0 atom stereocenters. The number of carbonyl (C=O) groups excluding carboxylic acids is 1. The summed E-state index contributed by atoms with van der Waals surface area (Å²) in [6.07, 6.45) is 0.208. The van der Waals surface area contributed by atoms with Crippen LogP contribution in [0.2, 0.25) is 0 Å². The molecule has 2 heterocycles. The summed E-state index contributed by atoms with van der Waals surface area (Å²) in [4.78, 5) is 43.4. The molecule has 0 radical (unpaired) electrons. The van der Waals surface area contributed by atoms with Gasteiger partial charge in [0.1, 0.15) is 11.5 Å². The normalized spacial score (nSPS) is 14.0. The van der Waals surface area contributed by atoms with Crippen molar-refractivity contribution >= 4 is 11.6 Å². The molecule has 0 saturated carbocycles. The molecule has 8 heteroatoms. The van der Waals surface area contributed by atoms with E-state index in [4.69, 9.17) is 0 Å². The molecule has 2 aromatic carbocycles. The van der Waals surface area contributed by atoms with Crippen LogP contribution in [0.15, 0.2) is 64.2 Å². The largest absolute Gasteiger partial charge is 0.362 e. The van der Waals surface area contributed by atoms with E-state index in [0.29, 0.717) is 49.8 Å². The summed E-state index contributed by atoms with van der Waals surface area (Å²) >= 11 is 0. The van der Waals surface area contributed by atoms with Crippen molar-refractivity contribution in [2.75, 3.05) is 31.1 Å². The monoisotopic (exact) mass is 478 g/mol. The lowest BCUT2D eigenvalue weighted by atomic mass is 10.1. The van der Waals surface area contributed by atoms with Gasteiger partial charge in [0.2, 0.25) is 5.91 Å². The Morgan fingerprint density at radius 1 is 0.943 bits per heavy atom. The average molecular weight is 479 g/mol. The minimum atomic E-state index is -0.343. The SMILES string of the molecule is Cc1c(N2CCN(C(=O)Cc3ccc(F)cc3)CC2)c(=O)n(CC(C)C)c(=O)n1-c1ccccc1. The van der Waals surface area contributed by atoms with Crippen LogP contribution in [0, 0.1) is 18.7 Å². The standard InChI is InChI=1S/C27H31FN4O3/c1-19(2)18-31-26(34)25(20(3)32(27(31)35)23-7-5-4-6-8-23)30-15-13-29(14-16-30)24(33)17-21-9-11-22(28)12-10-21/h4-12,19H,13-18H2,1-3H3. The van der Waals surface area contributed by atoms with Crippen molar-refractivity contribution in [3.63, 3.8) is 0 Å². The Bertz CT molecular complexity index is 1310. The van der Waals surface area contributed by atoms with Gasteiger partial charge in [-0.15, -0.1) is 0 Å². The minimum absolute atomic E-state index is 0.0283. The van der Waals surface area contributed by atoms with E-state index in [9.17, 15) is 18.8 Å². The number of amides is 1. The summed E-state index contributed by atoms with van der Waals surface area (Å²) in [5.41, 5.74) is 1.93. The molecule has 1 aliphatic heterocycles. The van der Waals surface area contributed by atoms with Gasteiger partial charge in [-0.2, -0.15) is 0 Å². The van der Waals surface area contributed by atoms with Crippen molar-refractivity contribution in [3.8, 4) is 5.69 Å². The second-order valence-corrected chi connectivity index (χ2v) is 9.37. The highest BCUT2D eigenvalue weighted by atomic mass is 19.1. The molecule has 0 unspecified atom stereocenters. The maximum absolute atomic E-state index is 13.5. The Morgan fingerprint density at radius 2 is 1.57 bits per heavy atom. The van der Waals surface area contributed by atoms with Crippen LogP contribution in [0.25, 0.3) is 5.69 Å². The third kappa shape index (κ3) is 5.21. The van der Waals surface area contributed by atoms with Gasteiger partial charge in [0.15, 0.2) is 0 Å². The van der Waals surface area contributed by atoms with Crippen LogP contribution in [0.3, 0.4) is 0 Å². The maximum Gasteiger partial charge on any atom is 0.335 e. The predicted octanol–water partition coefficient (Wildman–Crippen LogP) is 2.99. The lowest BCUT2D eigenvalue weighted by molar-refractivity contribution is -0.130. The van der Waals surface area contributed by atoms with Crippen LogP contribution in [-0.4, -0.2) is 46.1 Å². The second-order valence-electron chi connectivity index (χ2n) is 9.37. The molecule has 1 saturated heterocycles. The van der Waals surface area contributed by atoms with Crippen LogP contribution in [0.4, 0.5) is 10.1 Å². The summed E-state index contributed by atoms with van der Waals surface area (Å²) < 4.78 is 16.1. The molecule has 0 aliphatic carbocycles. The quantitative estimate of drug-likeness (QED) is 0.546. The smallest absolute Gasteiger partial charge is 0.335 e. The van der Waals surface area contributed by atoms with E-state index in [2.05, 4.69) is 0 Å². The Balaban J connectivity index is 1.61. The number of aromatic nitrogens is 2. The van der Waals surface area contributed by atoms with Gasteiger partial charge < -0.3 is 9.80 Å². The fraction of sp³-hybridized carbons (Fsp3) is 0.370. The van der Waals surface area contributed by atoms with Crippen molar-refractivity contribution < 1.29 is 9.18 Å². The van der Waals surface area contributed by atoms with E-state index in [1.165, 1.54) is 16.7 Å². The molecule has 1 aromatic heterocycles. The second kappa shape index (κ2) is 10.3. The van der Waals surface area contributed by atoms with Gasteiger partial charge in [0.25, 0.3) is 5.56 Å². The summed E-state index contributed by atoms with van der Waals surface area (Å²) in [7, 11) is 0. The zero-order chi connectivity index (χ0) is 25.1. The average Bonchev–Trinajstić information content (AvgIpc) is 2.84. The van der Waals surface area contributed by atoms with Crippen LogP contribution in [0.5, 0.6) is 0 Å². The first-order valence-electron chi connectivity index (χ1n) is 11.9. The van der Waals surface area contributed by atoms with Gasteiger partial charge in [-0.1, -0.05) is 44.2 Å². The molecule has 1 amide bonds. The first kappa shape index (κ1) is 24.4. The van der Waals surface area contributed by atoms with E-state index in [1.54, 1.807) is 28.5 Å². The molecule has 0 bridgehead atoms. The Labute approximate surface area is 204 Å². The Morgan fingerprint density at radius 3 is 2.17 bits per heavy atom. The van der Waals surface area contributed by atoms with Gasteiger partial charge >= 0.3 is 5.69 Å². The van der Waals surface area contributed by atoms with Gasteiger partial charge in [0.05, 0.1) is 17.8 Å². The van der Waals surface area contributed by atoms with Crippen molar-refractivity contribution in [2.24, 2.45) is 5.92 Å². The Hall–Kier alpha value is -3.68. The zero-order valence-corrected chi connectivity index (χ0v) is 20.4. The number of para-hydroxylation sites is 1. The molecule has 1 aliphatic rings. The van der Waals surface area contributed by atoms with Crippen molar-refractivity contribution in [2.45, 2.75) is 33.7 Å². The van der Waals surface area contributed by atoms with E-state index in [1.807, 2.05) is 49.1 Å². The summed E-state index contributed by atoms with van der Waals surface area (Å²) in [5.74, 6) is -0.231. The van der Waals surface area contributed by atoms with E-state index >= 15 is 0 Å². The molecule has 35 heavy (non-hydrogen) atoms. The summed E-state index contributed by atoms with van der Waals surface area (Å²) in [6, 6.07) is 15.3.